The number of hydrogen-bond acceptors (Lipinski definition) is 4. The van der Waals surface area contributed by atoms with Crippen LogP contribution in [0.5, 0.6) is 0 Å². The smallest absolute Gasteiger partial charge is 0.191 e. The van der Waals surface area contributed by atoms with Gasteiger partial charge in [-0.2, -0.15) is 5.26 Å². The molecule has 1 aromatic carbocycles. The molecule has 0 aliphatic rings. The van der Waals surface area contributed by atoms with E-state index in [9.17, 15) is 14.9 Å². The molecule has 1 atom stereocenters. The van der Waals surface area contributed by atoms with Crippen molar-refractivity contribution >= 4 is 22.5 Å². The normalized spacial score (nSPS) is 12.0. The fourth-order valence-electron chi connectivity index (χ4n) is 2.55. The fraction of sp³-hybridized carbons (Fsp3) is 0.118. The standard InChI is InChI=1S/C17H12N2O3/c1-10-15(12-4-2-3-5-14(12)19-10)17(21)13(8-18)16(20)11-6-7-22-9-11/h2-7,9,13,19H,1H3/t13-/m1/s1. The van der Waals surface area contributed by atoms with E-state index < -0.39 is 17.5 Å². The highest BCUT2D eigenvalue weighted by atomic mass is 16.3. The molecule has 5 nitrogen and oxygen atoms in total. The Morgan fingerprint density at radius 2 is 2.00 bits per heavy atom. The Morgan fingerprint density at radius 1 is 1.23 bits per heavy atom. The van der Waals surface area contributed by atoms with Gasteiger partial charge in [-0.25, -0.2) is 0 Å². The SMILES string of the molecule is Cc1[nH]c2ccccc2c1C(=O)[C@H](C#N)C(=O)c1ccoc1. The summed E-state index contributed by atoms with van der Waals surface area (Å²) in [5.74, 6) is -2.43. The van der Waals surface area contributed by atoms with Gasteiger partial charge in [0.15, 0.2) is 17.5 Å². The molecule has 0 radical (unpaired) electrons. The molecule has 1 N–H and O–H groups in total. The van der Waals surface area contributed by atoms with Crippen molar-refractivity contribution in [1.82, 2.24) is 4.98 Å². The van der Waals surface area contributed by atoms with Crippen molar-refractivity contribution in [3.05, 3.63) is 59.7 Å². The van der Waals surface area contributed by atoms with Crippen LogP contribution in [0.4, 0.5) is 0 Å². The molecule has 0 saturated carbocycles. The van der Waals surface area contributed by atoms with Gasteiger partial charge in [-0.05, 0) is 19.1 Å². The van der Waals surface area contributed by atoms with Crippen LogP contribution in [-0.4, -0.2) is 16.6 Å². The predicted molar refractivity (Wildman–Crippen MR) is 79.5 cm³/mol. The highest BCUT2D eigenvalue weighted by molar-refractivity contribution is 6.22. The van der Waals surface area contributed by atoms with Crippen LogP contribution in [0.3, 0.4) is 0 Å². The summed E-state index contributed by atoms with van der Waals surface area (Å²) < 4.78 is 4.85. The number of benzene rings is 1. The monoisotopic (exact) mass is 292 g/mol. The van der Waals surface area contributed by atoms with Crippen molar-refractivity contribution in [3.63, 3.8) is 0 Å². The van der Waals surface area contributed by atoms with Crippen molar-refractivity contribution in [1.29, 1.82) is 5.26 Å². The Morgan fingerprint density at radius 3 is 2.68 bits per heavy atom. The first-order chi connectivity index (χ1) is 10.6. The summed E-state index contributed by atoms with van der Waals surface area (Å²) >= 11 is 0. The van der Waals surface area contributed by atoms with E-state index in [1.165, 1.54) is 18.6 Å². The second-order valence-corrected chi connectivity index (χ2v) is 4.97. The Balaban J connectivity index is 2.06. The number of ketones is 2. The number of nitriles is 1. The predicted octanol–water partition coefficient (Wildman–Crippen LogP) is 3.27. The number of fused-ring (bicyclic) bond motifs is 1. The average Bonchev–Trinajstić information content (AvgIpc) is 3.14. The molecule has 5 heteroatoms. The van der Waals surface area contributed by atoms with Gasteiger partial charge in [0, 0.05) is 22.2 Å². The van der Waals surface area contributed by atoms with Crippen LogP contribution in [0.25, 0.3) is 10.9 Å². The number of rotatable bonds is 4. The summed E-state index contributed by atoms with van der Waals surface area (Å²) in [5.41, 5.74) is 2.05. The summed E-state index contributed by atoms with van der Waals surface area (Å²) in [4.78, 5) is 28.1. The molecule has 0 spiro atoms. The van der Waals surface area contributed by atoms with Crippen LogP contribution in [0.15, 0.2) is 47.3 Å². The van der Waals surface area contributed by atoms with Gasteiger partial charge in [-0.15, -0.1) is 0 Å². The van der Waals surface area contributed by atoms with Crippen molar-refractivity contribution in [2.45, 2.75) is 6.92 Å². The van der Waals surface area contributed by atoms with E-state index >= 15 is 0 Å². The highest BCUT2D eigenvalue weighted by Gasteiger charge is 2.31. The number of carbonyl (C=O) groups is 2. The van der Waals surface area contributed by atoms with Gasteiger partial charge >= 0.3 is 0 Å². The van der Waals surface area contributed by atoms with Gasteiger partial charge in [-0.1, -0.05) is 18.2 Å². The number of nitrogens with zero attached hydrogens (tertiary/aromatic N) is 1. The Hall–Kier alpha value is -3.13. The first-order valence-electron chi connectivity index (χ1n) is 6.71. The van der Waals surface area contributed by atoms with Crippen molar-refractivity contribution in [2.75, 3.05) is 0 Å². The molecule has 0 aliphatic heterocycles. The van der Waals surface area contributed by atoms with Gasteiger partial charge in [-0.3, -0.25) is 9.59 Å². The molecule has 0 amide bonds. The summed E-state index contributed by atoms with van der Waals surface area (Å²) in [5, 5.41) is 10.0. The molecular formula is C17H12N2O3. The number of Topliss-reactive ketones (excluding diaryl/α,β-unsaturated/α-hetero) is 2. The Bertz CT molecular complexity index is 898. The average molecular weight is 292 g/mol. The molecule has 0 aliphatic carbocycles. The molecule has 3 rings (SSSR count). The minimum absolute atomic E-state index is 0.220. The second kappa shape index (κ2) is 5.34. The van der Waals surface area contributed by atoms with Crippen molar-refractivity contribution in [3.8, 4) is 6.07 Å². The maximum Gasteiger partial charge on any atom is 0.191 e. The molecule has 0 fully saturated rings. The number of para-hydroxylation sites is 1. The molecule has 0 bridgehead atoms. The summed E-state index contributed by atoms with van der Waals surface area (Å²) in [6.45, 7) is 1.75. The van der Waals surface area contributed by atoms with Crippen LogP contribution < -0.4 is 0 Å². The number of furan rings is 1. The third kappa shape index (κ3) is 2.11. The van der Waals surface area contributed by atoms with Crippen LogP contribution in [0.1, 0.15) is 26.4 Å². The number of hydrogen-bond donors (Lipinski definition) is 1. The van der Waals surface area contributed by atoms with Crippen molar-refractivity contribution < 1.29 is 14.0 Å². The first kappa shape index (κ1) is 13.8. The van der Waals surface area contributed by atoms with Gasteiger partial charge in [0.05, 0.1) is 17.9 Å². The van der Waals surface area contributed by atoms with Crippen LogP contribution >= 0.6 is 0 Å². The third-order valence-corrected chi connectivity index (χ3v) is 3.60. The third-order valence-electron chi connectivity index (χ3n) is 3.60. The largest absolute Gasteiger partial charge is 0.472 e. The minimum atomic E-state index is -1.38. The van der Waals surface area contributed by atoms with Crippen LogP contribution in [0.2, 0.25) is 0 Å². The lowest BCUT2D eigenvalue weighted by Crippen LogP contribution is -2.23. The van der Waals surface area contributed by atoms with Gasteiger partial charge in [0.1, 0.15) is 6.26 Å². The number of aromatic amines is 1. The Labute approximate surface area is 126 Å². The molecule has 108 valence electrons. The molecule has 0 unspecified atom stereocenters. The van der Waals surface area contributed by atoms with E-state index in [4.69, 9.17) is 4.42 Å². The van der Waals surface area contributed by atoms with Crippen molar-refractivity contribution in [2.24, 2.45) is 5.92 Å². The zero-order valence-electron chi connectivity index (χ0n) is 11.8. The molecule has 2 heterocycles. The summed E-state index contributed by atoms with van der Waals surface area (Å²) in [7, 11) is 0. The highest BCUT2D eigenvalue weighted by Crippen LogP contribution is 2.25. The summed E-state index contributed by atoms with van der Waals surface area (Å²) in [6, 6.07) is 10.6. The second-order valence-electron chi connectivity index (χ2n) is 4.97. The number of nitrogens with one attached hydrogen (secondary N) is 1. The van der Waals surface area contributed by atoms with E-state index in [1.807, 2.05) is 24.3 Å². The number of aryl methyl sites for hydroxylation is 1. The maximum absolute atomic E-state index is 12.7. The molecule has 0 saturated heterocycles. The lowest BCUT2D eigenvalue weighted by Gasteiger charge is -2.06. The minimum Gasteiger partial charge on any atom is -0.472 e. The van der Waals surface area contributed by atoms with Gasteiger partial charge in [0.2, 0.25) is 0 Å². The zero-order valence-corrected chi connectivity index (χ0v) is 11.8. The number of carbonyl (C=O) groups excluding carboxylic acids is 2. The topological polar surface area (TPSA) is 86.9 Å². The number of aromatic nitrogens is 1. The lowest BCUT2D eigenvalue weighted by atomic mass is 9.91. The molecule has 22 heavy (non-hydrogen) atoms. The maximum atomic E-state index is 12.7. The Kier molecular flexibility index (Phi) is 3.36. The van der Waals surface area contributed by atoms with E-state index in [2.05, 4.69) is 4.98 Å². The molecule has 2 aromatic heterocycles. The van der Waals surface area contributed by atoms with Crippen LogP contribution in [0, 0.1) is 24.2 Å². The summed E-state index contributed by atoms with van der Waals surface area (Å²) in [6.07, 6.45) is 2.57. The number of H-pyrrole nitrogens is 1. The van der Waals surface area contributed by atoms with E-state index in [1.54, 1.807) is 13.0 Å². The quantitative estimate of drug-likeness (QED) is 0.590. The zero-order chi connectivity index (χ0) is 15.7. The molecular weight excluding hydrogens is 280 g/mol. The van der Waals surface area contributed by atoms with Gasteiger partial charge in [0.25, 0.3) is 0 Å². The molecule has 3 aromatic rings. The lowest BCUT2D eigenvalue weighted by molar-refractivity contribution is 0.0846. The van der Waals surface area contributed by atoms with E-state index in [0.29, 0.717) is 16.6 Å². The van der Waals surface area contributed by atoms with Crippen LogP contribution in [-0.2, 0) is 0 Å². The van der Waals surface area contributed by atoms with E-state index in [0.717, 1.165) is 5.52 Å². The first-order valence-corrected chi connectivity index (χ1v) is 6.71. The van der Waals surface area contributed by atoms with Gasteiger partial charge < -0.3 is 9.40 Å². The fourth-order valence-corrected chi connectivity index (χ4v) is 2.55. The van der Waals surface area contributed by atoms with E-state index in [-0.39, 0.29) is 5.56 Å².